The number of aryl methyl sites for hydroxylation is 1. The number of nitrogens with zero attached hydrogens (tertiary/aromatic N) is 8. The molecule has 1 aliphatic rings. The minimum absolute atomic E-state index is 0.229. The number of fused-ring (bicyclic) bond motifs is 1. The van der Waals surface area contributed by atoms with Gasteiger partial charge in [0, 0.05) is 26.2 Å². The van der Waals surface area contributed by atoms with Crippen molar-refractivity contribution in [3.05, 3.63) is 35.7 Å². The Morgan fingerprint density at radius 2 is 2.11 bits per heavy atom. The van der Waals surface area contributed by atoms with Gasteiger partial charge in [0.2, 0.25) is 0 Å². The highest BCUT2D eigenvalue weighted by atomic mass is 32.1. The average molecular weight is 398 g/mol. The van der Waals surface area contributed by atoms with Crippen molar-refractivity contribution in [1.29, 1.82) is 0 Å². The lowest BCUT2D eigenvalue weighted by Crippen LogP contribution is -2.36. The van der Waals surface area contributed by atoms with Crippen LogP contribution in [0.5, 0.6) is 5.88 Å². The fourth-order valence-corrected chi connectivity index (χ4v) is 3.78. The zero-order valence-electron chi connectivity index (χ0n) is 15.2. The molecule has 4 aromatic rings. The van der Waals surface area contributed by atoms with Gasteiger partial charge in [0.25, 0.3) is 5.88 Å². The summed E-state index contributed by atoms with van der Waals surface area (Å²) in [4.78, 5) is 7.41. The summed E-state index contributed by atoms with van der Waals surface area (Å²) < 4.78 is 14.9. The van der Waals surface area contributed by atoms with Crippen molar-refractivity contribution in [2.45, 2.75) is 6.61 Å². The minimum atomic E-state index is 0.229. The zero-order chi connectivity index (χ0) is 18.9. The van der Waals surface area contributed by atoms with Crippen LogP contribution in [0.3, 0.4) is 0 Å². The summed E-state index contributed by atoms with van der Waals surface area (Å²) in [6.07, 6.45) is 1.65. The third kappa shape index (κ3) is 3.18. The van der Waals surface area contributed by atoms with Gasteiger partial charge < -0.3 is 14.4 Å². The zero-order valence-corrected chi connectivity index (χ0v) is 16.0. The van der Waals surface area contributed by atoms with Gasteiger partial charge in [-0.1, -0.05) is 6.07 Å². The van der Waals surface area contributed by atoms with E-state index >= 15 is 0 Å². The van der Waals surface area contributed by atoms with E-state index in [1.54, 1.807) is 26.9 Å². The summed E-state index contributed by atoms with van der Waals surface area (Å²) in [5.74, 6) is 1.79. The molecule has 144 valence electrons. The van der Waals surface area contributed by atoms with Crippen molar-refractivity contribution in [3.8, 4) is 16.6 Å². The molecule has 4 aromatic heterocycles. The number of hydrogen-bond acceptors (Lipinski definition) is 9. The van der Waals surface area contributed by atoms with Crippen LogP contribution >= 0.6 is 11.3 Å². The monoisotopic (exact) mass is 398 g/mol. The molecule has 11 heteroatoms. The molecule has 0 aromatic carbocycles. The van der Waals surface area contributed by atoms with Gasteiger partial charge in [-0.05, 0) is 11.4 Å². The molecule has 0 atom stereocenters. The highest BCUT2D eigenvalue weighted by Gasteiger charge is 2.21. The summed E-state index contributed by atoms with van der Waals surface area (Å²) in [5, 5.41) is 19.6. The molecule has 0 N–H and O–H groups in total. The third-order valence-electron chi connectivity index (χ3n) is 4.42. The molecule has 0 aliphatic carbocycles. The maximum atomic E-state index is 6.03. The van der Waals surface area contributed by atoms with E-state index in [-0.39, 0.29) is 6.61 Å². The number of thiophene rings is 1. The lowest BCUT2D eigenvalue weighted by Gasteiger charge is -2.29. The quantitative estimate of drug-likeness (QED) is 0.498. The lowest BCUT2D eigenvalue weighted by atomic mass is 10.3. The Balaban J connectivity index is 1.55. The Bertz CT molecular complexity index is 1080. The predicted molar refractivity (Wildman–Crippen MR) is 102 cm³/mol. The van der Waals surface area contributed by atoms with Crippen LogP contribution in [0.2, 0.25) is 0 Å². The fourth-order valence-electron chi connectivity index (χ4n) is 3.08. The second-order valence-corrected chi connectivity index (χ2v) is 7.28. The number of morpholine rings is 1. The molecule has 0 bridgehead atoms. The Hall–Kier alpha value is -3.05. The van der Waals surface area contributed by atoms with E-state index in [0.29, 0.717) is 36.4 Å². The van der Waals surface area contributed by atoms with Gasteiger partial charge in [-0.2, -0.15) is 9.61 Å². The van der Waals surface area contributed by atoms with Crippen LogP contribution in [-0.2, 0) is 18.4 Å². The summed E-state index contributed by atoms with van der Waals surface area (Å²) in [6.45, 7) is 3.09. The topological polar surface area (TPSA) is 95.5 Å². The predicted octanol–water partition coefficient (Wildman–Crippen LogP) is 1.40. The Morgan fingerprint density at radius 3 is 2.86 bits per heavy atom. The van der Waals surface area contributed by atoms with Gasteiger partial charge in [-0.3, -0.25) is 4.68 Å². The second kappa shape index (κ2) is 7.17. The largest absolute Gasteiger partial charge is 0.467 e. The fraction of sp³-hybridized carbons (Fsp3) is 0.353. The summed E-state index contributed by atoms with van der Waals surface area (Å²) in [6, 6.07) is 5.94. The van der Waals surface area contributed by atoms with Crippen molar-refractivity contribution in [2.24, 2.45) is 7.05 Å². The molecule has 0 spiro atoms. The first-order valence-corrected chi connectivity index (χ1v) is 9.76. The highest BCUT2D eigenvalue weighted by Crippen LogP contribution is 2.31. The molecule has 0 unspecified atom stereocenters. The van der Waals surface area contributed by atoms with Gasteiger partial charge >= 0.3 is 0 Å². The van der Waals surface area contributed by atoms with Crippen molar-refractivity contribution < 1.29 is 9.47 Å². The Kier molecular flexibility index (Phi) is 4.37. The number of ether oxygens (including phenoxy) is 2. The lowest BCUT2D eigenvalue weighted by molar-refractivity contribution is 0.122. The molecule has 28 heavy (non-hydrogen) atoms. The van der Waals surface area contributed by atoms with Gasteiger partial charge in [-0.15, -0.1) is 26.6 Å². The SMILES string of the molecule is Cn1cnc(COc2nn3c(-c4cccs4)nnc3cc2N2CCOCC2)n1. The number of aromatic nitrogens is 7. The standard InChI is InChI=1S/C17H18N8O2S/c1-23-11-18-14(21-23)10-27-17-12(24-4-6-26-7-5-24)9-15-19-20-16(25(15)22-17)13-3-2-8-28-13/h2-3,8-9,11H,4-7,10H2,1H3. The normalized spacial score (nSPS) is 14.7. The van der Waals surface area contributed by atoms with Crippen LogP contribution in [0.25, 0.3) is 16.3 Å². The summed E-state index contributed by atoms with van der Waals surface area (Å²) in [5.41, 5.74) is 1.55. The maximum Gasteiger partial charge on any atom is 0.256 e. The number of hydrogen-bond donors (Lipinski definition) is 0. The van der Waals surface area contributed by atoms with E-state index in [1.165, 1.54) is 0 Å². The smallest absolute Gasteiger partial charge is 0.256 e. The van der Waals surface area contributed by atoms with E-state index in [2.05, 4.69) is 25.2 Å². The number of rotatable bonds is 5. The third-order valence-corrected chi connectivity index (χ3v) is 5.28. The molecule has 0 amide bonds. The van der Waals surface area contributed by atoms with E-state index in [0.717, 1.165) is 23.7 Å². The Morgan fingerprint density at radius 1 is 1.21 bits per heavy atom. The molecule has 1 saturated heterocycles. The van der Waals surface area contributed by atoms with Gasteiger partial charge in [-0.25, -0.2) is 4.98 Å². The molecule has 0 saturated carbocycles. The van der Waals surface area contributed by atoms with Crippen LogP contribution in [0.1, 0.15) is 5.82 Å². The minimum Gasteiger partial charge on any atom is -0.467 e. The van der Waals surface area contributed by atoms with Crippen molar-refractivity contribution in [2.75, 3.05) is 31.2 Å². The maximum absolute atomic E-state index is 6.03. The molecule has 10 nitrogen and oxygen atoms in total. The van der Waals surface area contributed by atoms with Crippen molar-refractivity contribution in [1.82, 2.24) is 34.6 Å². The Labute approximate surface area is 164 Å². The van der Waals surface area contributed by atoms with Crippen molar-refractivity contribution >= 4 is 22.7 Å². The van der Waals surface area contributed by atoms with Crippen molar-refractivity contribution in [3.63, 3.8) is 0 Å². The van der Waals surface area contributed by atoms with Gasteiger partial charge in [0.05, 0.1) is 18.1 Å². The first kappa shape index (κ1) is 17.1. The molecular formula is C17H18N8O2S. The van der Waals surface area contributed by atoms with Crippen LogP contribution in [0.15, 0.2) is 29.9 Å². The molecular weight excluding hydrogens is 380 g/mol. The van der Waals surface area contributed by atoms with Gasteiger partial charge in [0.1, 0.15) is 12.0 Å². The summed E-state index contributed by atoms with van der Waals surface area (Å²) in [7, 11) is 1.82. The molecule has 1 fully saturated rings. The van der Waals surface area contributed by atoms with Crippen LogP contribution < -0.4 is 9.64 Å². The number of anilines is 1. The second-order valence-electron chi connectivity index (χ2n) is 6.33. The molecule has 0 radical (unpaired) electrons. The molecule has 1 aliphatic heterocycles. The van der Waals surface area contributed by atoms with Crippen LogP contribution in [0, 0.1) is 0 Å². The van der Waals surface area contributed by atoms with E-state index < -0.39 is 0 Å². The first-order valence-electron chi connectivity index (χ1n) is 8.88. The van der Waals surface area contributed by atoms with Gasteiger partial charge in [0.15, 0.2) is 23.9 Å². The van der Waals surface area contributed by atoms with Crippen LogP contribution in [0.4, 0.5) is 5.69 Å². The van der Waals surface area contributed by atoms with E-state index in [4.69, 9.17) is 14.6 Å². The first-order chi connectivity index (χ1) is 13.8. The molecule has 5 rings (SSSR count). The van der Waals surface area contributed by atoms with Crippen LogP contribution in [-0.4, -0.2) is 60.9 Å². The molecule has 5 heterocycles. The van der Waals surface area contributed by atoms with E-state index in [9.17, 15) is 0 Å². The van der Waals surface area contributed by atoms with E-state index in [1.807, 2.05) is 30.6 Å². The average Bonchev–Trinajstić information content (AvgIpc) is 3.47. The summed E-state index contributed by atoms with van der Waals surface area (Å²) >= 11 is 1.59. The highest BCUT2D eigenvalue weighted by molar-refractivity contribution is 7.13.